The van der Waals surface area contributed by atoms with Crippen LogP contribution in [0, 0.1) is 5.82 Å². The molecular formula is C32H39FN4O9. The lowest BCUT2D eigenvalue weighted by Gasteiger charge is -2.35. The summed E-state index contributed by atoms with van der Waals surface area (Å²) in [6, 6.07) is 11.5. The minimum Gasteiger partial charge on any atom is -0.481 e. The zero-order valence-electron chi connectivity index (χ0n) is 25.6. The van der Waals surface area contributed by atoms with Gasteiger partial charge in [0.2, 0.25) is 5.91 Å². The quantitative estimate of drug-likeness (QED) is 0.196. The molecule has 1 aromatic heterocycles. The van der Waals surface area contributed by atoms with Crippen LogP contribution < -0.4 is 5.56 Å². The second-order valence-corrected chi connectivity index (χ2v) is 10.6. The lowest BCUT2D eigenvalue weighted by atomic mass is 10.0. The number of aromatic amines is 1. The SMILES string of the molecule is O=C(O)CCOCCOCCOCCOCCC(=O)N1CCN(C(=O)c2cc(Cc3n[nH]c(=O)c4ccccc34)ccc2F)CC1. The van der Waals surface area contributed by atoms with Crippen molar-refractivity contribution in [1.82, 2.24) is 20.0 Å². The van der Waals surface area contributed by atoms with Crippen LogP contribution in [0.2, 0.25) is 0 Å². The molecule has 0 unspecified atom stereocenters. The van der Waals surface area contributed by atoms with Gasteiger partial charge in [-0.3, -0.25) is 19.2 Å². The number of piperazine rings is 1. The van der Waals surface area contributed by atoms with Crippen molar-refractivity contribution in [2.24, 2.45) is 0 Å². The summed E-state index contributed by atoms with van der Waals surface area (Å²) in [5, 5.41) is 16.4. The van der Waals surface area contributed by atoms with Gasteiger partial charge in [-0.25, -0.2) is 9.49 Å². The van der Waals surface area contributed by atoms with E-state index in [2.05, 4.69) is 10.2 Å². The number of H-pyrrole nitrogens is 1. The van der Waals surface area contributed by atoms with Crippen molar-refractivity contribution in [3.8, 4) is 0 Å². The fourth-order valence-electron chi connectivity index (χ4n) is 4.91. The summed E-state index contributed by atoms with van der Waals surface area (Å²) >= 11 is 0. The number of amides is 2. The maximum Gasteiger partial charge on any atom is 0.305 e. The van der Waals surface area contributed by atoms with Gasteiger partial charge < -0.3 is 33.9 Å². The third-order valence-electron chi connectivity index (χ3n) is 7.36. The molecule has 1 saturated heterocycles. The highest BCUT2D eigenvalue weighted by atomic mass is 19.1. The van der Waals surface area contributed by atoms with Gasteiger partial charge in [-0.1, -0.05) is 24.3 Å². The van der Waals surface area contributed by atoms with Crippen LogP contribution in [0.3, 0.4) is 0 Å². The number of carbonyl (C=O) groups is 3. The normalized spacial score (nSPS) is 13.3. The Bertz CT molecular complexity index is 1520. The van der Waals surface area contributed by atoms with Crippen molar-refractivity contribution in [2.75, 3.05) is 79.0 Å². The number of nitrogens with zero attached hydrogens (tertiary/aromatic N) is 3. The van der Waals surface area contributed by atoms with Crippen LogP contribution in [-0.4, -0.2) is 122 Å². The lowest BCUT2D eigenvalue weighted by Crippen LogP contribution is -2.50. The summed E-state index contributed by atoms with van der Waals surface area (Å²) in [6.07, 6.45) is 0.463. The van der Waals surface area contributed by atoms with E-state index in [1.807, 2.05) is 6.07 Å². The van der Waals surface area contributed by atoms with Crippen LogP contribution >= 0.6 is 0 Å². The van der Waals surface area contributed by atoms with Crippen molar-refractivity contribution in [3.63, 3.8) is 0 Å². The number of carboxylic acid groups (broad SMARTS) is 1. The van der Waals surface area contributed by atoms with Crippen LogP contribution in [0.4, 0.5) is 4.39 Å². The van der Waals surface area contributed by atoms with E-state index in [4.69, 9.17) is 24.1 Å². The summed E-state index contributed by atoms with van der Waals surface area (Å²) < 4.78 is 36.1. The number of hydrogen-bond donors (Lipinski definition) is 2. The molecular weight excluding hydrogens is 603 g/mol. The first-order valence-electron chi connectivity index (χ1n) is 15.2. The van der Waals surface area contributed by atoms with Crippen LogP contribution in [0.1, 0.15) is 34.5 Å². The van der Waals surface area contributed by atoms with Crippen LogP contribution in [-0.2, 0) is 35.0 Å². The average molecular weight is 643 g/mol. The average Bonchev–Trinajstić information content (AvgIpc) is 3.06. The number of aliphatic carboxylic acids is 1. The maximum absolute atomic E-state index is 14.8. The third-order valence-corrected chi connectivity index (χ3v) is 7.36. The van der Waals surface area contributed by atoms with Gasteiger partial charge >= 0.3 is 5.97 Å². The molecule has 0 atom stereocenters. The number of fused-ring (bicyclic) bond motifs is 1. The van der Waals surface area contributed by atoms with Gasteiger partial charge in [-0.15, -0.1) is 0 Å². The Balaban J connectivity index is 1.12. The zero-order chi connectivity index (χ0) is 32.7. The molecule has 2 N–H and O–H groups in total. The van der Waals surface area contributed by atoms with Crippen LogP contribution in [0.15, 0.2) is 47.3 Å². The van der Waals surface area contributed by atoms with E-state index in [1.165, 1.54) is 12.1 Å². The minimum absolute atomic E-state index is 0.0374. The van der Waals surface area contributed by atoms with Crippen molar-refractivity contribution in [1.29, 1.82) is 0 Å². The highest BCUT2D eigenvalue weighted by Crippen LogP contribution is 2.20. The Labute approximate surface area is 265 Å². The summed E-state index contributed by atoms with van der Waals surface area (Å²) in [7, 11) is 0. The molecule has 1 aliphatic heterocycles. The van der Waals surface area contributed by atoms with E-state index in [9.17, 15) is 23.6 Å². The molecule has 14 heteroatoms. The summed E-state index contributed by atoms with van der Waals surface area (Å²) in [4.78, 5) is 51.6. The van der Waals surface area contributed by atoms with Gasteiger partial charge in [-0.2, -0.15) is 5.10 Å². The number of rotatable bonds is 18. The Morgan fingerprint density at radius 3 is 1.98 bits per heavy atom. The van der Waals surface area contributed by atoms with Gasteiger partial charge in [0, 0.05) is 38.0 Å². The van der Waals surface area contributed by atoms with E-state index < -0.39 is 17.7 Å². The summed E-state index contributed by atoms with van der Waals surface area (Å²) in [5.41, 5.74) is 0.957. The number of benzene rings is 2. The highest BCUT2D eigenvalue weighted by molar-refractivity contribution is 5.95. The van der Waals surface area contributed by atoms with Crippen molar-refractivity contribution in [3.05, 3.63) is 75.5 Å². The van der Waals surface area contributed by atoms with Crippen molar-refractivity contribution in [2.45, 2.75) is 19.3 Å². The van der Waals surface area contributed by atoms with Gasteiger partial charge in [0.25, 0.3) is 11.5 Å². The largest absolute Gasteiger partial charge is 0.481 e. The Morgan fingerprint density at radius 2 is 1.35 bits per heavy atom. The molecule has 4 rings (SSSR count). The molecule has 1 aliphatic rings. The summed E-state index contributed by atoms with van der Waals surface area (Å²) in [6.45, 7) is 3.73. The fourth-order valence-corrected chi connectivity index (χ4v) is 4.91. The first kappa shape index (κ1) is 34.6. The molecule has 2 amide bonds. The molecule has 46 heavy (non-hydrogen) atoms. The monoisotopic (exact) mass is 642 g/mol. The van der Waals surface area contributed by atoms with E-state index in [-0.39, 0.29) is 56.2 Å². The number of hydrogen-bond acceptors (Lipinski definition) is 9. The molecule has 0 radical (unpaired) electrons. The predicted octanol–water partition coefficient (Wildman–Crippen LogP) is 1.87. The van der Waals surface area contributed by atoms with Gasteiger partial charge in [0.05, 0.1) is 82.3 Å². The Hall–Kier alpha value is -4.24. The van der Waals surface area contributed by atoms with Crippen LogP contribution in [0.5, 0.6) is 0 Å². The van der Waals surface area contributed by atoms with Gasteiger partial charge in [-0.05, 0) is 23.8 Å². The second-order valence-electron chi connectivity index (χ2n) is 10.6. The fraction of sp³-hybridized carbons (Fsp3) is 0.469. The van der Waals surface area contributed by atoms with Crippen molar-refractivity contribution >= 4 is 28.6 Å². The lowest BCUT2D eigenvalue weighted by molar-refractivity contribution is -0.138. The maximum atomic E-state index is 14.8. The number of carbonyl (C=O) groups excluding carboxylic acids is 2. The van der Waals surface area contributed by atoms with E-state index in [0.717, 1.165) is 0 Å². The predicted molar refractivity (Wildman–Crippen MR) is 164 cm³/mol. The topological polar surface area (TPSA) is 161 Å². The molecule has 0 spiro atoms. The first-order valence-corrected chi connectivity index (χ1v) is 15.2. The van der Waals surface area contributed by atoms with E-state index in [0.29, 0.717) is 81.2 Å². The smallest absolute Gasteiger partial charge is 0.305 e. The molecule has 0 aliphatic carbocycles. The number of carboxylic acids is 1. The van der Waals surface area contributed by atoms with Gasteiger partial charge in [0.15, 0.2) is 0 Å². The molecule has 0 saturated carbocycles. The Kier molecular flexibility index (Phi) is 13.6. The molecule has 1 fully saturated rings. The number of aromatic nitrogens is 2. The zero-order valence-corrected chi connectivity index (χ0v) is 25.6. The standard InChI is InChI=1S/C32H39FN4O9/c33-27-6-5-23(22-28-24-3-1-2-4-25(24)31(41)35-34-28)21-26(27)32(42)37-11-9-36(10-12-37)29(38)7-13-43-15-17-45-19-20-46-18-16-44-14-8-30(39)40/h1-6,21H,7-20,22H2,(H,35,41)(H,39,40). The second kappa shape index (κ2) is 18.0. The highest BCUT2D eigenvalue weighted by Gasteiger charge is 2.26. The molecule has 2 heterocycles. The molecule has 248 valence electrons. The molecule has 3 aromatic rings. The minimum atomic E-state index is -0.903. The van der Waals surface area contributed by atoms with Crippen LogP contribution in [0.25, 0.3) is 10.8 Å². The van der Waals surface area contributed by atoms with Gasteiger partial charge in [0.1, 0.15) is 5.82 Å². The number of ether oxygens (including phenoxy) is 4. The number of halogens is 1. The molecule has 2 aromatic carbocycles. The Morgan fingerprint density at radius 1 is 0.783 bits per heavy atom. The number of nitrogens with one attached hydrogen (secondary N) is 1. The molecule has 0 bridgehead atoms. The summed E-state index contributed by atoms with van der Waals surface area (Å²) in [5.74, 6) is -2.05. The third kappa shape index (κ3) is 10.4. The van der Waals surface area contributed by atoms with Crippen molar-refractivity contribution < 1.29 is 42.8 Å². The first-order chi connectivity index (χ1) is 22.3. The van der Waals surface area contributed by atoms with E-state index in [1.54, 1.807) is 34.1 Å². The van der Waals surface area contributed by atoms with E-state index >= 15 is 0 Å². The molecule has 13 nitrogen and oxygen atoms in total.